The van der Waals surface area contributed by atoms with Crippen molar-refractivity contribution >= 4 is 5.97 Å². The Balaban J connectivity index is 1.84. The minimum Gasteiger partial charge on any atom is -0.478 e. The third-order valence-corrected chi connectivity index (χ3v) is 2.80. The number of pyridine rings is 1. The largest absolute Gasteiger partial charge is 0.478 e. The Labute approximate surface area is 99.8 Å². The molecule has 0 amide bonds. The summed E-state index contributed by atoms with van der Waals surface area (Å²) in [7, 11) is 0. The fourth-order valence-electron chi connectivity index (χ4n) is 1.81. The van der Waals surface area contributed by atoms with Gasteiger partial charge in [-0.25, -0.2) is 4.79 Å². The van der Waals surface area contributed by atoms with Crippen molar-refractivity contribution in [2.75, 3.05) is 13.2 Å². The minimum atomic E-state index is -0.947. The topological polar surface area (TPSA) is 71.5 Å². The van der Waals surface area contributed by atoms with Crippen LogP contribution in [0.25, 0.3) is 0 Å². The van der Waals surface area contributed by atoms with Crippen LogP contribution in [-0.2, 0) is 11.3 Å². The summed E-state index contributed by atoms with van der Waals surface area (Å²) in [6.07, 6.45) is 3.59. The van der Waals surface area contributed by atoms with Crippen LogP contribution in [0.1, 0.15) is 28.9 Å². The van der Waals surface area contributed by atoms with Crippen molar-refractivity contribution in [3.8, 4) is 0 Å². The highest BCUT2D eigenvalue weighted by atomic mass is 16.5. The smallest absolute Gasteiger partial charge is 0.337 e. The van der Waals surface area contributed by atoms with Gasteiger partial charge in [-0.05, 0) is 25.0 Å². The zero-order valence-corrected chi connectivity index (χ0v) is 9.56. The summed E-state index contributed by atoms with van der Waals surface area (Å²) in [5.74, 6) is -0.947. The van der Waals surface area contributed by atoms with Crippen molar-refractivity contribution < 1.29 is 14.6 Å². The highest BCUT2D eigenvalue weighted by molar-refractivity contribution is 5.87. The van der Waals surface area contributed by atoms with Gasteiger partial charge in [0.15, 0.2) is 0 Å². The first kappa shape index (κ1) is 12.0. The molecule has 2 rings (SSSR count). The third-order valence-electron chi connectivity index (χ3n) is 2.80. The molecule has 0 radical (unpaired) electrons. The highest BCUT2D eigenvalue weighted by Gasteiger charge is 2.13. The number of aromatic carboxylic acids is 1. The summed E-state index contributed by atoms with van der Waals surface area (Å²) in [5.41, 5.74) is 1.07. The lowest BCUT2D eigenvalue weighted by atomic mass is 10.1. The number of hydrogen-bond donors (Lipinski definition) is 2. The molecule has 5 nitrogen and oxygen atoms in total. The number of ether oxygens (including phenoxy) is 1. The molecule has 0 spiro atoms. The molecule has 2 N–H and O–H groups in total. The third kappa shape index (κ3) is 3.51. The predicted octanol–water partition coefficient (Wildman–Crippen LogP) is 1.05. The average Bonchev–Trinajstić information content (AvgIpc) is 2.38. The molecular weight excluding hydrogens is 220 g/mol. The maximum absolute atomic E-state index is 10.6. The number of hydrogen-bond acceptors (Lipinski definition) is 4. The Kier molecular flexibility index (Phi) is 4.06. The van der Waals surface area contributed by atoms with Crippen molar-refractivity contribution in [1.82, 2.24) is 10.3 Å². The van der Waals surface area contributed by atoms with E-state index in [0.29, 0.717) is 12.6 Å². The van der Waals surface area contributed by atoms with E-state index in [1.165, 1.54) is 6.20 Å². The van der Waals surface area contributed by atoms with Gasteiger partial charge in [0.25, 0.3) is 0 Å². The van der Waals surface area contributed by atoms with Gasteiger partial charge in [-0.2, -0.15) is 0 Å². The highest BCUT2D eigenvalue weighted by Crippen LogP contribution is 2.07. The first-order valence-corrected chi connectivity index (χ1v) is 5.75. The van der Waals surface area contributed by atoms with E-state index in [1.807, 2.05) is 0 Å². The van der Waals surface area contributed by atoms with Gasteiger partial charge < -0.3 is 15.2 Å². The van der Waals surface area contributed by atoms with Crippen LogP contribution in [0, 0.1) is 0 Å². The zero-order chi connectivity index (χ0) is 12.1. The molecule has 1 aromatic heterocycles. The SMILES string of the molecule is O=C(O)c1ccc(CNC2CCCOC2)nc1. The summed E-state index contributed by atoms with van der Waals surface area (Å²) in [5, 5.41) is 12.1. The Bertz CT molecular complexity index is 372. The van der Waals surface area contributed by atoms with Crippen LogP contribution >= 0.6 is 0 Å². The number of rotatable bonds is 4. The molecule has 1 unspecified atom stereocenters. The van der Waals surface area contributed by atoms with Crippen molar-refractivity contribution in [1.29, 1.82) is 0 Å². The molecule has 92 valence electrons. The molecule has 1 aromatic rings. The molecule has 0 aliphatic carbocycles. The molecule has 17 heavy (non-hydrogen) atoms. The minimum absolute atomic E-state index is 0.217. The molecular formula is C12H16N2O3. The maximum atomic E-state index is 10.6. The molecule has 1 fully saturated rings. The van der Waals surface area contributed by atoms with Gasteiger partial charge in [-0.1, -0.05) is 0 Å². The number of nitrogens with zero attached hydrogens (tertiary/aromatic N) is 1. The van der Waals surface area contributed by atoms with Crippen molar-refractivity contribution in [3.05, 3.63) is 29.6 Å². The van der Waals surface area contributed by atoms with Crippen LogP contribution in [0.4, 0.5) is 0 Å². The summed E-state index contributed by atoms with van der Waals surface area (Å²) in [6, 6.07) is 3.69. The van der Waals surface area contributed by atoms with Crippen molar-refractivity contribution in [2.45, 2.75) is 25.4 Å². The second-order valence-electron chi connectivity index (χ2n) is 4.14. The summed E-state index contributed by atoms with van der Waals surface area (Å²) >= 11 is 0. The van der Waals surface area contributed by atoms with E-state index < -0.39 is 5.97 Å². The van der Waals surface area contributed by atoms with Gasteiger partial charge in [-0.15, -0.1) is 0 Å². The molecule has 0 saturated carbocycles. The van der Waals surface area contributed by atoms with Crippen LogP contribution < -0.4 is 5.32 Å². The standard InChI is InChI=1S/C12H16N2O3/c15-12(16)9-3-4-10(13-6-9)7-14-11-2-1-5-17-8-11/h3-4,6,11,14H,1-2,5,7-8H2,(H,15,16). The summed E-state index contributed by atoms with van der Waals surface area (Å²) < 4.78 is 5.36. The van der Waals surface area contributed by atoms with Crippen LogP contribution in [0.3, 0.4) is 0 Å². The van der Waals surface area contributed by atoms with Gasteiger partial charge in [0.2, 0.25) is 0 Å². The van der Waals surface area contributed by atoms with E-state index in [9.17, 15) is 4.79 Å². The van der Waals surface area contributed by atoms with Crippen LogP contribution in [0.15, 0.2) is 18.3 Å². The predicted molar refractivity (Wildman–Crippen MR) is 61.9 cm³/mol. The van der Waals surface area contributed by atoms with Gasteiger partial charge in [0.05, 0.1) is 17.9 Å². The second kappa shape index (κ2) is 5.75. The Morgan fingerprint density at radius 1 is 1.59 bits per heavy atom. The molecule has 1 saturated heterocycles. The molecule has 0 bridgehead atoms. The van der Waals surface area contributed by atoms with E-state index >= 15 is 0 Å². The lowest BCUT2D eigenvalue weighted by molar-refractivity contribution is 0.0696. The number of carboxylic acids is 1. The molecule has 0 aromatic carbocycles. The fourth-order valence-corrected chi connectivity index (χ4v) is 1.81. The van der Waals surface area contributed by atoms with Crippen molar-refractivity contribution in [3.63, 3.8) is 0 Å². The average molecular weight is 236 g/mol. The Morgan fingerprint density at radius 3 is 3.06 bits per heavy atom. The van der Waals surface area contributed by atoms with E-state index in [2.05, 4.69) is 10.3 Å². The normalized spacial score (nSPS) is 20.1. The number of carboxylic acid groups (broad SMARTS) is 1. The number of nitrogens with one attached hydrogen (secondary N) is 1. The van der Waals surface area contributed by atoms with E-state index in [-0.39, 0.29) is 5.56 Å². The van der Waals surface area contributed by atoms with Crippen LogP contribution in [-0.4, -0.2) is 35.3 Å². The lowest BCUT2D eigenvalue weighted by Gasteiger charge is -2.22. The van der Waals surface area contributed by atoms with Crippen LogP contribution in [0.2, 0.25) is 0 Å². The second-order valence-corrected chi connectivity index (χ2v) is 4.14. The molecule has 5 heteroatoms. The summed E-state index contributed by atoms with van der Waals surface area (Å²) in [4.78, 5) is 14.7. The maximum Gasteiger partial charge on any atom is 0.337 e. The Hall–Kier alpha value is -1.46. The van der Waals surface area contributed by atoms with E-state index in [1.54, 1.807) is 12.1 Å². The summed E-state index contributed by atoms with van der Waals surface area (Å²) in [6.45, 7) is 2.24. The first-order valence-electron chi connectivity index (χ1n) is 5.75. The number of aromatic nitrogens is 1. The van der Waals surface area contributed by atoms with Gasteiger partial charge >= 0.3 is 5.97 Å². The van der Waals surface area contributed by atoms with Gasteiger partial charge in [0, 0.05) is 25.4 Å². The molecule has 1 atom stereocenters. The quantitative estimate of drug-likeness (QED) is 0.817. The van der Waals surface area contributed by atoms with Gasteiger partial charge in [-0.3, -0.25) is 4.98 Å². The van der Waals surface area contributed by atoms with E-state index in [4.69, 9.17) is 9.84 Å². The van der Waals surface area contributed by atoms with Crippen molar-refractivity contribution in [2.24, 2.45) is 0 Å². The molecule has 2 heterocycles. The van der Waals surface area contributed by atoms with Gasteiger partial charge in [0.1, 0.15) is 0 Å². The first-order chi connectivity index (χ1) is 8.25. The number of carbonyl (C=O) groups is 1. The Morgan fingerprint density at radius 2 is 2.47 bits per heavy atom. The van der Waals surface area contributed by atoms with Crippen LogP contribution in [0.5, 0.6) is 0 Å². The monoisotopic (exact) mass is 236 g/mol. The molecule has 1 aliphatic rings. The van der Waals surface area contributed by atoms with E-state index in [0.717, 1.165) is 31.7 Å². The zero-order valence-electron chi connectivity index (χ0n) is 9.56. The fraction of sp³-hybridized carbons (Fsp3) is 0.500. The molecule has 1 aliphatic heterocycles. The lowest BCUT2D eigenvalue weighted by Crippen LogP contribution is -2.36.